The first-order valence-corrected chi connectivity index (χ1v) is 5.75. The standard InChI is InChI=1S/C13H17ClFN/c1-4-16-13(7-9(2)3)11-6-5-10(15)8-12(11)14/h5-6,8,13,16H,2,4,7H2,1,3H3. The second kappa shape index (κ2) is 6.02. The number of benzene rings is 1. The number of rotatable bonds is 5. The summed E-state index contributed by atoms with van der Waals surface area (Å²) in [5.41, 5.74) is 2.00. The van der Waals surface area contributed by atoms with Gasteiger partial charge in [0.2, 0.25) is 0 Å². The maximum atomic E-state index is 12.9. The van der Waals surface area contributed by atoms with E-state index in [9.17, 15) is 4.39 Å². The van der Waals surface area contributed by atoms with Crippen LogP contribution in [-0.4, -0.2) is 6.54 Å². The van der Waals surface area contributed by atoms with Gasteiger partial charge in [-0.3, -0.25) is 0 Å². The number of halogens is 2. The van der Waals surface area contributed by atoms with Crippen LogP contribution in [0, 0.1) is 5.82 Å². The van der Waals surface area contributed by atoms with Gasteiger partial charge in [0.1, 0.15) is 5.82 Å². The summed E-state index contributed by atoms with van der Waals surface area (Å²) < 4.78 is 12.9. The Bertz CT molecular complexity index is 376. The first-order chi connectivity index (χ1) is 7.54. The van der Waals surface area contributed by atoms with Crippen LogP contribution in [0.4, 0.5) is 4.39 Å². The van der Waals surface area contributed by atoms with E-state index in [1.807, 2.05) is 13.8 Å². The maximum absolute atomic E-state index is 12.9. The molecular formula is C13H17ClFN. The van der Waals surface area contributed by atoms with Gasteiger partial charge in [-0.25, -0.2) is 4.39 Å². The van der Waals surface area contributed by atoms with Crippen molar-refractivity contribution in [2.75, 3.05) is 6.54 Å². The average molecular weight is 242 g/mol. The Morgan fingerprint density at radius 1 is 1.56 bits per heavy atom. The predicted molar refractivity (Wildman–Crippen MR) is 67.3 cm³/mol. The van der Waals surface area contributed by atoms with E-state index in [4.69, 9.17) is 11.6 Å². The SMILES string of the molecule is C=C(C)CC(NCC)c1ccc(F)cc1Cl. The molecule has 0 saturated carbocycles. The summed E-state index contributed by atoms with van der Waals surface area (Å²) in [6, 6.07) is 4.62. The van der Waals surface area contributed by atoms with Crippen LogP contribution >= 0.6 is 11.6 Å². The van der Waals surface area contributed by atoms with Gasteiger partial charge in [0, 0.05) is 11.1 Å². The Labute approximate surface area is 101 Å². The molecule has 0 aromatic heterocycles. The summed E-state index contributed by atoms with van der Waals surface area (Å²) in [5.74, 6) is -0.306. The van der Waals surface area contributed by atoms with E-state index >= 15 is 0 Å². The molecule has 1 aromatic carbocycles. The Balaban J connectivity index is 2.95. The fraction of sp³-hybridized carbons (Fsp3) is 0.385. The van der Waals surface area contributed by atoms with Gasteiger partial charge in [-0.1, -0.05) is 30.2 Å². The van der Waals surface area contributed by atoms with Gasteiger partial charge in [0.05, 0.1) is 0 Å². The highest BCUT2D eigenvalue weighted by Gasteiger charge is 2.14. The van der Waals surface area contributed by atoms with Crippen molar-refractivity contribution in [3.63, 3.8) is 0 Å². The van der Waals surface area contributed by atoms with Gasteiger partial charge in [-0.2, -0.15) is 0 Å². The van der Waals surface area contributed by atoms with E-state index in [0.29, 0.717) is 5.02 Å². The monoisotopic (exact) mass is 241 g/mol. The van der Waals surface area contributed by atoms with Crippen molar-refractivity contribution in [2.24, 2.45) is 0 Å². The van der Waals surface area contributed by atoms with Gasteiger partial charge in [0.15, 0.2) is 0 Å². The fourth-order valence-corrected chi connectivity index (χ4v) is 1.97. The molecule has 1 aromatic rings. The molecule has 0 aliphatic rings. The van der Waals surface area contributed by atoms with Crippen molar-refractivity contribution < 1.29 is 4.39 Å². The largest absolute Gasteiger partial charge is 0.310 e. The minimum absolute atomic E-state index is 0.107. The van der Waals surface area contributed by atoms with Crippen molar-refractivity contribution >= 4 is 11.6 Å². The molecule has 0 spiro atoms. The highest BCUT2D eigenvalue weighted by atomic mass is 35.5. The molecule has 1 unspecified atom stereocenters. The second-order valence-electron chi connectivity index (χ2n) is 3.94. The van der Waals surface area contributed by atoms with Crippen LogP contribution in [0.15, 0.2) is 30.4 Å². The highest BCUT2D eigenvalue weighted by molar-refractivity contribution is 6.31. The molecule has 16 heavy (non-hydrogen) atoms. The molecule has 0 amide bonds. The Kier molecular flexibility index (Phi) is 4.97. The molecule has 0 fully saturated rings. The third kappa shape index (κ3) is 3.62. The van der Waals surface area contributed by atoms with Crippen molar-refractivity contribution in [3.8, 4) is 0 Å². The summed E-state index contributed by atoms with van der Waals surface area (Å²) in [6.45, 7) is 8.74. The van der Waals surface area contributed by atoms with Crippen molar-refractivity contribution in [2.45, 2.75) is 26.3 Å². The van der Waals surface area contributed by atoms with Crippen LogP contribution in [-0.2, 0) is 0 Å². The lowest BCUT2D eigenvalue weighted by Crippen LogP contribution is -2.21. The fourth-order valence-electron chi connectivity index (χ4n) is 1.67. The lowest BCUT2D eigenvalue weighted by atomic mass is 10.00. The van der Waals surface area contributed by atoms with E-state index in [-0.39, 0.29) is 11.9 Å². The van der Waals surface area contributed by atoms with E-state index in [2.05, 4.69) is 11.9 Å². The van der Waals surface area contributed by atoms with E-state index in [0.717, 1.165) is 24.1 Å². The van der Waals surface area contributed by atoms with Gasteiger partial charge in [-0.05, 0) is 37.6 Å². The molecule has 0 bridgehead atoms. The Morgan fingerprint density at radius 3 is 2.75 bits per heavy atom. The molecule has 0 aliphatic carbocycles. The third-order valence-electron chi connectivity index (χ3n) is 2.34. The lowest BCUT2D eigenvalue weighted by molar-refractivity contribution is 0.546. The zero-order valence-electron chi connectivity index (χ0n) is 9.69. The molecule has 0 saturated heterocycles. The number of hydrogen-bond acceptors (Lipinski definition) is 1. The summed E-state index contributed by atoms with van der Waals surface area (Å²) >= 11 is 6.03. The van der Waals surface area contributed by atoms with Crippen LogP contribution in [0.3, 0.4) is 0 Å². The van der Waals surface area contributed by atoms with Gasteiger partial charge < -0.3 is 5.32 Å². The molecule has 0 aliphatic heterocycles. The molecule has 1 N–H and O–H groups in total. The summed E-state index contributed by atoms with van der Waals surface area (Å²) in [4.78, 5) is 0. The van der Waals surface area contributed by atoms with Gasteiger partial charge in [-0.15, -0.1) is 6.58 Å². The Hall–Kier alpha value is -0.860. The van der Waals surface area contributed by atoms with Gasteiger partial charge in [0.25, 0.3) is 0 Å². The van der Waals surface area contributed by atoms with Crippen LogP contribution < -0.4 is 5.32 Å². The molecule has 88 valence electrons. The normalized spacial score (nSPS) is 12.5. The zero-order valence-corrected chi connectivity index (χ0v) is 10.4. The molecule has 3 heteroatoms. The first kappa shape index (κ1) is 13.2. The smallest absolute Gasteiger partial charge is 0.124 e. The van der Waals surface area contributed by atoms with E-state index < -0.39 is 0 Å². The van der Waals surface area contributed by atoms with Gasteiger partial charge >= 0.3 is 0 Å². The topological polar surface area (TPSA) is 12.0 Å². The van der Waals surface area contributed by atoms with Crippen LogP contribution in [0.1, 0.15) is 31.9 Å². The lowest BCUT2D eigenvalue weighted by Gasteiger charge is -2.19. The van der Waals surface area contributed by atoms with E-state index in [1.54, 1.807) is 6.07 Å². The second-order valence-corrected chi connectivity index (χ2v) is 4.34. The Morgan fingerprint density at radius 2 is 2.25 bits per heavy atom. The van der Waals surface area contributed by atoms with Crippen molar-refractivity contribution in [1.82, 2.24) is 5.32 Å². The van der Waals surface area contributed by atoms with Crippen LogP contribution in [0.25, 0.3) is 0 Å². The summed E-state index contributed by atoms with van der Waals surface area (Å²) in [6.07, 6.45) is 0.805. The zero-order chi connectivity index (χ0) is 12.1. The molecule has 0 heterocycles. The molecule has 1 nitrogen and oxygen atoms in total. The predicted octanol–water partition coefficient (Wildman–Crippen LogP) is 4.10. The maximum Gasteiger partial charge on any atom is 0.124 e. The molecule has 1 rings (SSSR count). The average Bonchev–Trinajstić information content (AvgIpc) is 2.16. The van der Waals surface area contributed by atoms with E-state index in [1.165, 1.54) is 12.1 Å². The first-order valence-electron chi connectivity index (χ1n) is 5.37. The van der Waals surface area contributed by atoms with Crippen LogP contribution in [0.2, 0.25) is 5.02 Å². The molecule has 0 radical (unpaired) electrons. The molecule has 1 atom stereocenters. The number of nitrogens with one attached hydrogen (secondary N) is 1. The van der Waals surface area contributed by atoms with Crippen LogP contribution in [0.5, 0.6) is 0 Å². The third-order valence-corrected chi connectivity index (χ3v) is 2.67. The highest BCUT2D eigenvalue weighted by Crippen LogP contribution is 2.27. The summed E-state index contributed by atoms with van der Waals surface area (Å²) in [7, 11) is 0. The molecular weight excluding hydrogens is 225 g/mol. The minimum atomic E-state index is -0.306. The minimum Gasteiger partial charge on any atom is -0.310 e. The van der Waals surface area contributed by atoms with Crippen molar-refractivity contribution in [1.29, 1.82) is 0 Å². The summed E-state index contributed by atoms with van der Waals surface area (Å²) in [5, 5.41) is 3.79. The quantitative estimate of drug-likeness (QED) is 0.766. The van der Waals surface area contributed by atoms with Crippen molar-refractivity contribution in [3.05, 3.63) is 46.8 Å². The number of hydrogen-bond donors (Lipinski definition) is 1.